The van der Waals surface area contributed by atoms with Crippen LogP contribution in [0.2, 0.25) is 0 Å². The van der Waals surface area contributed by atoms with Gasteiger partial charge in [-0.05, 0) is 24.8 Å². The first-order chi connectivity index (χ1) is 8.43. The fourth-order valence-corrected chi connectivity index (χ4v) is 2.51. The molecule has 0 bridgehead atoms. The molecule has 1 aliphatic carbocycles. The Morgan fingerprint density at radius 3 is 3.06 bits per heavy atom. The molecular weight excluding hydrogens is 214 g/mol. The number of hydrogen-bond donors (Lipinski definition) is 1. The average molecular weight is 231 g/mol. The zero-order valence-electron chi connectivity index (χ0n) is 9.85. The number of aromatic amines is 1. The molecule has 4 heteroatoms. The van der Waals surface area contributed by atoms with Gasteiger partial charge in [0.05, 0.1) is 18.2 Å². The van der Waals surface area contributed by atoms with E-state index >= 15 is 0 Å². The highest BCUT2D eigenvalue weighted by molar-refractivity contribution is 5.80. The van der Waals surface area contributed by atoms with Crippen molar-refractivity contribution in [3.63, 3.8) is 0 Å². The summed E-state index contributed by atoms with van der Waals surface area (Å²) < 4.78 is 5.92. The monoisotopic (exact) mass is 231 g/mol. The lowest BCUT2D eigenvalue weighted by atomic mass is 9.90. The Morgan fingerprint density at radius 1 is 1.29 bits per heavy atom. The van der Waals surface area contributed by atoms with Gasteiger partial charge in [-0.2, -0.15) is 5.10 Å². The zero-order valence-corrected chi connectivity index (χ0v) is 9.85. The molecule has 2 aromatic heterocycles. The van der Waals surface area contributed by atoms with E-state index in [4.69, 9.17) is 4.74 Å². The van der Waals surface area contributed by atoms with Crippen LogP contribution in [-0.4, -0.2) is 21.8 Å². The molecule has 2 heterocycles. The largest absolute Gasteiger partial charge is 0.492 e. The van der Waals surface area contributed by atoms with E-state index in [1.165, 1.54) is 32.1 Å². The molecule has 0 saturated heterocycles. The predicted octanol–water partition coefficient (Wildman–Crippen LogP) is 2.92. The predicted molar refractivity (Wildman–Crippen MR) is 66.0 cm³/mol. The van der Waals surface area contributed by atoms with Crippen LogP contribution in [0, 0.1) is 5.92 Å². The summed E-state index contributed by atoms with van der Waals surface area (Å²) >= 11 is 0. The fraction of sp³-hybridized carbons (Fsp3) is 0.538. The first-order valence-electron chi connectivity index (χ1n) is 6.34. The number of nitrogens with one attached hydrogen (secondary N) is 1. The number of H-pyrrole nitrogens is 1. The van der Waals surface area contributed by atoms with Gasteiger partial charge >= 0.3 is 0 Å². The number of aromatic nitrogens is 3. The van der Waals surface area contributed by atoms with Crippen molar-refractivity contribution < 1.29 is 4.74 Å². The first-order valence-corrected chi connectivity index (χ1v) is 6.34. The molecule has 1 fully saturated rings. The normalized spacial score (nSPS) is 17.4. The van der Waals surface area contributed by atoms with Crippen LogP contribution >= 0.6 is 0 Å². The van der Waals surface area contributed by atoms with Crippen molar-refractivity contribution in [3.05, 3.63) is 18.5 Å². The molecule has 4 nitrogen and oxygen atoms in total. The van der Waals surface area contributed by atoms with Gasteiger partial charge in [0, 0.05) is 6.20 Å². The minimum Gasteiger partial charge on any atom is -0.492 e. The maximum Gasteiger partial charge on any atom is 0.158 e. The number of ether oxygens (including phenoxy) is 1. The maximum absolute atomic E-state index is 5.92. The van der Waals surface area contributed by atoms with Crippen LogP contribution in [-0.2, 0) is 0 Å². The van der Waals surface area contributed by atoms with E-state index in [2.05, 4.69) is 15.2 Å². The van der Waals surface area contributed by atoms with E-state index in [1.807, 2.05) is 6.07 Å². The quantitative estimate of drug-likeness (QED) is 0.883. The molecule has 0 aliphatic heterocycles. The van der Waals surface area contributed by atoms with Crippen molar-refractivity contribution in [2.75, 3.05) is 6.61 Å². The van der Waals surface area contributed by atoms with Gasteiger partial charge in [-0.15, -0.1) is 0 Å². The van der Waals surface area contributed by atoms with Crippen LogP contribution in [0.5, 0.6) is 5.75 Å². The molecule has 0 radical (unpaired) electrons. The van der Waals surface area contributed by atoms with Gasteiger partial charge in [0.1, 0.15) is 5.75 Å². The third kappa shape index (κ3) is 2.25. The molecule has 1 saturated carbocycles. The molecule has 0 atom stereocenters. The number of fused-ring (bicyclic) bond motifs is 1. The lowest BCUT2D eigenvalue weighted by Crippen LogP contribution is -2.15. The van der Waals surface area contributed by atoms with Crippen LogP contribution in [0.25, 0.3) is 11.0 Å². The SMILES string of the molecule is c1cc(OCC2CCCCC2)c2cn[nH]c2n1. The number of rotatable bonds is 3. The minimum atomic E-state index is 0.721. The molecule has 0 unspecified atom stereocenters. The van der Waals surface area contributed by atoms with E-state index < -0.39 is 0 Å². The Labute approximate surface area is 100 Å². The molecule has 0 aromatic carbocycles. The molecule has 17 heavy (non-hydrogen) atoms. The van der Waals surface area contributed by atoms with E-state index in [1.54, 1.807) is 12.4 Å². The number of hydrogen-bond acceptors (Lipinski definition) is 3. The summed E-state index contributed by atoms with van der Waals surface area (Å²) in [6.07, 6.45) is 10.2. The average Bonchev–Trinajstić information content (AvgIpc) is 2.86. The van der Waals surface area contributed by atoms with Gasteiger partial charge in [0.25, 0.3) is 0 Å². The molecule has 0 spiro atoms. The van der Waals surface area contributed by atoms with E-state index in [-0.39, 0.29) is 0 Å². The second-order valence-corrected chi connectivity index (χ2v) is 4.76. The summed E-state index contributed by atoms with van der Waals surface area (Å²) in [5.41, 5.74) is 0.797. The van der Waals surface area contributed by atoms with E-state index in [9.17, 15) is 0 Å². The first kappa shape index (κ1) is 10.6. The lowest BCUT2D eigenvalue weighted by molar-refractivity contribution is 0.210. The van der Waals surface area contributed by atoms with Gasteiger partial charge in [-0.1, -0.05) is 19.3 Å². The van der Waals surface area contributed by atoms with E-state index in [0.717, 1.165) is 29.3 Å². The van der Waals surface area contributed by atoms with Crippen molar-refractivity contribution in [1.82, 2.24) is 15.2 Å². The molecule has 2 aromatic rings. The molecule has 0 amide bonds. The molecule has 1 N–H and O–H groups in total. The Kier molecular flexibility index (Phi) is 2.94. The Morgan fingerprint density at radius 2 is 2.18 bits per heavy atom. The number of nitrogens with zero attached hydrogens (tertiary/aromatic N) is 2. The Bertz CT molecular complexity index is 488. The van der Waals surface area contributed by atoms with Crippen LogP contribution in [0.15, 0.2) is 18.5 Å². The highest BCUT2D eigenvalue weighted by Crippen LogP contribution is 2.26. The minimum absolute atomic E-state index is 0.721. The fourth-order valence-electron chi connectivity index (χ4n) is 2.51. The summed E-state index contributed by atoms with van der Waals surface area (Å²) in [4.78, 5) is 4.20. The van der Waals surface area contributed by atoms with Crippen molar-refractivity contribution in [3.8, 4) is 5.75 Å². The molecular formula is C13H17N3O. The van der Waals surface area contributed by atoms with Crippen LogP contribution in [0.3, 0.4) is 0 Å². The maximum atomic E-state index is 5.92. The summed E-state index contributed by atoms with van der Waals surface area (Å²) in [6.45, 7) is 0.824. The van der Waals surface area contributed by atoms with Crippen LogP contribution in [0.1, 0.15) is 32.1 Å². The smallest absolute Gasteiger partial charge is 0.158 e. The summed E-state index contributed by atoms with van der Waals surface area (Å²) in [5.74, 6) is 1.62. The highest BCUT2D eigenvalue weighted by atomic mass is 16.5. The standard InChI is InChI=1S/C13H17N3O/c1-2-4-10(5-3-1)9-17-12-6-7-14-13-11(12)8-15-16-13/h6-8,10H,1-5,9H2,(H,14,15,16). The second kappa shape index (κ2) is 4.73. The van der Waals surface area contributed by atoms with Gasteiger partial charge in [0.2, 0.25) is 0 Å². The summed E-state index contributed by atoms with van der Waals surface area (Å²) in [6, 6.07) is 1.92. The second-order valence-electron chi connectivity index (χ2n) is 4.76. The third-order valence-electron chi connectivity index (χ3n) is 3.51. The van der Waals surface area contributed by atoms with Gasteiger partial charge < -0.3 is 4.74 Å². The molecule has 90 valence electrons. The van der Waals surface area contributed by atoms with Crippen molar-refractivity contribution in [2.24, 2.45) is 5.92 Å². The van der Waals surface area contributed by atoms with Crippen molar-refractivity contribution >= 4 is 11.0 Å². The molecule has 1 aliphatic rings. The van der Waals surface area contributed by atoms with Crippen molar-refractivity contribution in [1.29, 1.82) is 0 Å². The Hall–Kier alpha value is -1.58. The zero-order chi connectivity index (χ0) is 11.5. The highest BCUT2D eigenvalue weighted by Gasteiger charge is 2.14. The Balaban J connectivity index is 1.69. The summed E-state index contributed by atoms with van der Waals surface area (Å²) in [7, 11) is 0. The van der Waals surface area contributed by atoms with E-state index in [0.29, 0.717) is 0 Å². The van der Waals surface area contributed by atoms with Gasteiger partial charge in [0.15, 0.2) is 5.65 Å². The van der Waals surface area contributed by atoms with Crippen LogP contribution < -0.4 is 4.74 Å². The van der Waals surface area contributed by atoms with Crippen molar-refractivity contribution in [2.45, 2.75) is 32.1 Å². The molecule has 3 rings (SSSR count). The van der Waals surface area contributed by atoms with Gasteiger partial charge in [-0.25, -0.2) is 4.98 Å². The number of pyridine rings is 1. The summed E-state index contributed by atoms with van der Waals surface area (Å²) in [5, 5.41) is 7.82. The van der Waals surface area contributed by atoms with Gasteiger partial charge in [-0.3, -0.25) is 5.10 Å². The lowest BCUT2D eigenvalue weighted by Gasteiger charge is -2.21. The van der Waals surface area contributed by atoms with Crippen LogP contribution in [0.4, 0.5) is 0 Å². The topological polar surface area (TPSA) is 50.8 Å². The third-order valence-corrected chi connectivity index (χ3v) is 3.51.